The highest BCUT2D eigenvalue weighted by Crippen LogP contribution is 2.20. The van der Waals surface area contributed by atoms with E-state index in [9.17, 15) is 4.39 Å². The van der Waals surface area contributed by atoms with E-state index in [2.05, 4.69) is 55.5 Å². The first-order chi connectivity index (χ1) is 16.1. The maximum atomic E-state index is 13.2. The number of halogens is 2. The van der Waals surface area contributed by atoms with Crippen LogP contribution in [0.25, 0.3) is 0 Å². The Labute approximate surface area is 218 Å². The van der Waals surface area contributed by atoms with Gasteiger partial charge in [0.15, 0.2) is 5.96 Å². The molecule has 0 saturated carbocycles. The lowest BCUT2D eigenvalue weighted by Gasteiger charge is -2.36. The molecule has 4 rings (SSSR count). The van der Waals surface area contributed by atoms with Crippen molar-refractivity contribution in [1.29, 1.82) is 0 Å². The molecule has 2 N–H and O–H groups in total. The maximum absolute atomic E-state index is 13.2. The van der Waals surface area contributed by atoms with E-state index in [0.29, 0.717) is 6.54 Å². The summed E-state index contributed by atoms with van der Waals surface area (Å²) in [6.07, 6.45) is 1.86. The van der Waals surface area contributed by atoms with Gasteiger partial charge in [-0.1, -0.05) is 30.3 Å². The summed E-state index contributed by atoms with van der Waals surface area (Å²) in [4.78, 5) is 13.5. The van der Waals surface area contributed by atoms with Gasteiger partial charge in [-0.2, -0.15) is 0 Å². The lowest BCUT2D eigenvalue weighted by Crippen LogP contribution is -2.46. The van der Waals surface area contributed by atoms with Gasteiger partial charge >= 0.3 is 0 Å². The van der Waals surface area contributed by atoms with Crippen molar-refractivity contribution in [2.24, 2.45) is 4.99 Å². The van der Waals surface area contributed by atoms with Crippen molar-refractivity contribution < 1.29 is 4.39 Å². The minimum atomic E-state index is -0.201. The summed E-state index contributed by atoms with van der Waals surface area (Å²) in [5.41, 5.74) is 3.42. The van der Waals surface area contributed by atoms with Crippen molar-refractivity contribution >= 4 is 41.4 Å². The monoisotopic (exact) mass is 574 g/mol. The molecule has 3 aromatic rings. The number of rotatable bonds is 6. The second kappa shape index (κ2) is 12.5. The number of benzene rings is 2. The highest BCUT2D eigenvalue weighted by molar-refractivity contribution is 14.0. The predicted octanol–water partition coefficient (Wildman–Crippen LogP) is 4.59. The molecular weight excluding hydrogens is 542 g/mol. The van der Waals surface area contributed by atoms with Gasteiger partial charge in [0.05, 0.1) is 6.04 Å². The molecule has 0 spiro atoms. The molecular formula is C26H32FIN6. The Hall–Kier alpha value is -2.88. The van der Waals surface area contributed by atoms with E-state index in [1.165, 1.54) is 17.7 Å². The zero-order valence-electron chi connectivity index (χ0n) is 19.6. The summed E-state index contributed by atoms with van der Waals surface area (Å²) in [5.74, 6) is 1.54. The molecule has 2 heterocycles. The molecule has 8 heteroatoms. The number of aliphatic imine (C=N–C) groups is 1. The number of pyridine rings is 1. The summed E-state index contributed by atoms with van der Waals surface area (Å²) in [5, 5.41) is 6.84. The van der Waals surface area contributed by atoms with Crippen LogP contribution < -0.4 is 20.4 Å². The third-order valence-electron chi connectivity index (χ3n) is 5.94. The first kappa shape index (κ1) is 25.7. The Morgan fingerprint density at radius 3 is 2.35 bits per heavy atom. The van der Waals surface area contributed by atoms with Gasteiger partial charge in [0.2, 0.25) is 0 Å². The fraction of sp³-hybridized carbons (Fsp3) is 0.308. The molecule has 34 heavy (non-hydrogen) atoms. The first-order valence-electron chi connectivity index (χ1n) is 11.3. The molecule has 1 aliphatic rings. The van der Waals surface area contributed by atoms with Crippen molar-refractivity contribution in [3.63, 3.8) is 0 Å². The number of guanidine groups is 1. The SMILES string of the molecule is CN=C(NCc1ccnc(N2CCN(c3ccc(F)cc3)CC2)c1)NC(C)c1ccccc1.I. The third kappa shape index (κ3) is 6.82. The molecule has 6 nitrogen and oxygen atoms in total. The number of hydrogen-bond donors (Lipinski definition) is 2. The fourth-order valence-corrected chi connectivity index (χ4v) is 4.00. The number of nitrogens with zero attached hydrogens (tertiary/aromatic N) is 4. The molecule has 1 aromatic heterocycles. The molecule has 1 saturated heterocycles. The van der Waals surface area contributed by atoms with Crippen molar-refractivity contribution in [2.75, 3.05) is 43.0 Å². The zero-order chi connectivity index (χ0) is 23.0. The maximum Gasteiger partial charge on any atom is 0.191 e. The average molecular weight is 574 g/mol. The van der Waals surface area contributed by atoms with Crippen LogP contribution in [0.1, 0.15) is 24.1 Å². The summed E-state index contributed by atoms with van der Waals surface area (Å²) < 4.78 is 13.2. The Kier molecular flexibility index (Phi) is 9.50. The average Bonchev–Trinajstić information content (AvgIpc) is 2.87. The molecule has 0 radical (unpaired) electrons. The fourth-order valence-electron chi connectivity index (χ4n) is 4.00. The number of aromatic nitrogens is 1. The predicted molar refractivity (Wildman–Crippen MR) is 149 cm³/mol. The van der Waals surface area contributed by atoms with E-state index >= 15 is 0 Å². The van der Waals surface area contributed by atoms with Crippen molar-refractivity contribution in [1.82, 2.24) is 15.6 Å². The van der Waals surface area contributed by atoms with Gasteiger partial charge in [-0.3, -0.25) is 4.99 Å². The van der Waals surface area contributed by atoms with Gasteiger partial charge in [0.1, 0.15) is 11.6 Å². The molecule has 180 valence electrons. The van der Waals surface area contributed by atoms with Gasteiger partial charge in [-0.05, 0) is 54.4 Å². The molecule has 1 fully saturated rings. The third-order valence-corrected chi connectivity index (χ3v) is 5.94. The minimum Gasteiger partial charge on any atom is -0.368 e. The smallest absolute Gasteiger partial charge is 0.191 e. The van der Waals surface area contributed by atoms with Gasteiger partial charge in [0.25, 0.3) is 0 Å². The quantitative estimate of drug-likeness (QED) is 0.256. The largest absolute Gasteiger partial charge is 0.368 e. The molecule has 2 aromatic carbocycles. The van der Waals surface area contributed by atoms with Crippen molar-refractivity contribution in [3.8, 4) is 0 Å². The van der Waals surface area contributed by atoms with Gasteiger partial charge in [-0.25, -0.2) is 9.37 Å². The molecule has 1 aliphatic heterocycles. The van der Waals surface area contributed by atoms with Crippen LogP contribution in [0.4, 0.5) is 15.9 Å². The van der Waals surface area contributed by atoms with Gasteiger partial charge in [0, 0.05) is 51.7 Å². The number of anilines is 2. The summed E-state index contributed by atoms with van der Waals surface area (Å²) >= 11 is 0. The van der Waals surface area contributed by atoms with Crippen LogP contribution in [0.2, 0.25) is 0 Å². The van der Waals surface area contributed by atoms with E-state index in [4.69, 9.17) is 0 Å². The van der Waals surface area contributed by atoms with Gasteiger partial charge < -0.3 is 20.4 Å². The first-order valence-corrected chi connectivity index (χ1v) is 11.3. The van der Waals surface area contributed by atoms with Crippen LogP contribution in [0.5, 0.6) is 0 Å². The van der Waals surface area contributed by atoms with Crippen LogP contribution in [-0.4, -0.2) is 44.2 Å². The van der Waals surface area contributed by atoms with Gasteiger partial charge in [-0.15, -0.1) is 24.0 Å². The Bertz CT molecular complexity index is 1050. The summed E-state index contributed by atoms with van der Waals surface area (Å²) in [7, 11) is 1.78. The summed E-state index contributed by atoms with van der Waals surface area (Å²) in [6, 6.07) is 21.4. The van der Waals surface area contributed by atoms with Crippen LogP contribution in [0.15, 0.2) is 77.9 Å². The lowest BCUT2D eigenvalue weighted by atomic mass is 10.1. The lowest BCUT2D eigenvalue weighted by molar-refractivity contribution is 0.624. The van der Waals surface area contributed by atoms with E-state index in [-0.39, 0.29) is 35.8 Å². The molecule has 0 bridgehead atoms. The van der Waals surface area contributed by atoms with Crippen LogP contribution in [-0.2, 0) is 6.54 Å². The van der Waals surface area contributed by atoms with E-state index in [1.54, 1.807) is 7.05 Å². The van der Waals surface area contributed by atoms with E-state index < -0.39 is 0 Å². The Balaban J connectivity index is 0.00000324. The van der Waals surface area contributed by atoms with Crippen LogP contribution >= 0.6 is 24.0 Å². The van der Waals surface area contributed by atoms with Crippen LogP contribution in [0.3, 0.4) is 0 Å². The molecule has 1 atom stereocenters. The summed E-state index contributed by atoms with van der Waals surface area (Å²) in [6.45, 7) is 6.29. The minimum absolute atomic E-state index is 0. The Morgan fingerprint density at radius 2 is 1.68 bits per heavy atom. The molecule has 0 aliphatic carbocycles. The molecule has 1 unspecified atom stereocenters. The Morgan fingerprint density at radius 1 is 1.00 bits per heavy atom. The van der Waals surface area contributed by atoms with Crippen molar-refractivity contribution in [2.45, 2.75) is 19.5 Å². The van der Waals surface area contributed by atoms with Crippen molar-refractivity contribution in [3.05, 3.63) is 89.9 Å². The second-order valence-electron chi connectivity index (χ2n) is 8.18. The number of hydrogen-bond acceptors (Lipinski definition) is 4. The van der Waals surface area contributed by atoms with E-state index in [1.807, 2.05) is 42.6 Å². The number of nitrogens with one attached hydrogen (secondary N) is 2. The normalized spacial score (nSPS) is 14.9. The highest BCUT2D eigenvalue weighted by Gasteiger charge is 2.18. The van der Waals surface area contributed by atoms with Crippen LogP contribution in [0, 0.1) is 5.82 Å². The topological polar surface area (TPSA) is 55.8 Å². The zero-order valence-corrected chi connectivity index (χ0v) is 21.9. The van der Waals surface area contributed by atoms with E-state index in [0.717, 1.165) is 49.2 Å². The standard InChI is InChI=1S/C26H31FN6.HI/c1-20(22-6-4-3-5-7-22)31-26(28-2)30-19-21-12-13-29-25(18-21)33-16-14-32(15-17-33)24-10-8-23(27)9-11-24;/h3-13,18,20H,14-17,19H2,1-2H3,(H2,28,30,31);1H. The number of piperazine rings is 1. The highest BCUT2D eigenvalue weighted by atomic mass is 127. The second-order valence-corrected chi connectivity index (χ2v) is 8.18. The molecule has 0 amide bonds.